The second kappa shape index (κ2) is 23.6. The number of fused-ring (bicyclic) bond motifs is 1. The number of carbonyl (C=O) groups is 3. The fourth-order valence-electron chi connectivity index (χ4n) is 8.94. The summed E-state index contributed by atoms with van der Waals surface area (Å²) in [7, 11) is -3.42. The number of hydrogen-bond acceptors (Lipinski definition) is 15. The van der Waals surface area contributed by atoms with Gasteiger partial charge in [-0.25, -0.2) is 22.9 Å². The molecule has 5 N–H and O–H groups in total. The topological polar surface area (TPSA) is 225 Å². The van der Waals surface area contributed by atoms with E-state index in [1.165, 1.54) is 4.90 Å². The van der Waals surface area contributed by atoms with Gasteiger partial charge in [0.05, 0.1) is 72.3 Å². The van der Waals surface area contributed by atoms with E-state index in [2.05, 4.69) is 52.6 Å². The molecule has 2 aliphatic rings. The molecule has 2 saturated heterocycles. The molecule has 6 aromatic rings. The molecule has 0 aliphatic carbocycles. The number of rotatable bonds is 21. The van der Waals surface area contributed by atoms with E-state index in [1.807, 2.05) is 87.8 Å². The summed E-state index contributed by atoms with van der Waals surface area (Å²) in [5, 5.41) is 24.4. The number of aliphatic hydroxyl groups is 1. The first-order valence-electron chi connectivity index (χ1n) is 24.5. The Kier molecular flexibility index (Phi) is 17.1. The third-order valence-electron chi connectivity index (χ3n) is 12.8. The molecule has 5 heterocycles. The Hall–Kier alpha value is -6.49. The van der Waals surface area contributed by atoms with Crippen molar-refractivity contribution < 1.29 is 37.4 Å². The number of ether oxygens (including phenoxy) is 2. The highest BCUT2D eigenvalue weighted by atomic mass is 32.2. The molecule has 3 aromatic heterocycles. The van der Waals surface area contributed by atoms with Gasteiger partial charge < -0.3 is 40.3 Å². The molecule has 1 unspecified atom stereocenters. The van der Waals surface area contributed by atoms with Crippen molar-refractivity contribution in [3.05, 3.63) is 108 Å². The van der Waals surface area contributed by atoms with E-state index < -0.39 is 39.5 Å². The number of thiazole rings is 1. The van der Waals surface area contributed by atoms with Crippen molar-refractivity contribution in [3.63, 3.8) is 0 Å². The van der Waals surface area contributed by atoms with E-state index >= 15 is 0 Å². The Morgan fingerprint density at radius 1 is 0.877 bits per heavy atom. The number of aliphatic hydroxyl groups excluding tert-OH is 1. The van der Waals surface area contributed by atoms with Crippen molar-refractivity contribution in [2.24, 2.45) is 5.41 Å². The molecule has 3 amide bonds. The van der Waals surface area contributed by atoms with Gasteiger partial charge in [0.2, 0.25) is 33.7 Å². The molecule has 73 heavy (non-hydrogen) atoms. The first-order chi connectivity index (χ1) is 35.0. The molecule has 19 nitrogen and oxygen atoms in total. The largest absolute Gasteiger partial charge is 0.391 e. The van der Waals surface area contributed by atoms with Crippen LogP contribution in [0.2, 0.25) is 0 Å². The van der Waals surface area contributed by atoms with Gasteiger partial charge in [0.1, 0.15) is 12.1 Å². The number of nitrogens with one attached hydrogen (secondary N) is 4. The third kappa shape index (κ3) is 14.2. The normalized spacial score (nSPS) is 16.9. The summed E-state index contributed by atoms with van der Waals surface area (Å²) in [4.78, 5) is 56.6. The minimum Gasteiger partial charge on any atom is -0.391 e. The van der Waals surface area contributed by atoms with E-state index in [1.54, 1.807) is 40.2 Å². The number of hydrogen-bond donors (Lipinski definition) is 5. The van der Waals surface area contributed by atoms with Gasteiger partial charge in [-0.3, -0.25) is 24.0 Å². The van der Waals surface area contributed by atoms with Crippen molar-refractivity contribution in [2.45, 2.75) is 65.3 Å². The van der Waals surface area contributed by atoms with Crippen LogP contribution in [0, 0.1) is 12.3 Å². The highest BCUT2D eigenvalue weighted by Crippen LogP contribution is 2.30. The van der Waals surface area contributed by atoms with Gasteiger partial charge in [0.25, 0.3) is 0 Å². The van der Waals surface area contributed by atoms with Crippen molar-refractivity contribution in [2.75, 3.05) is 86.9 Å². The van der Waals surface area contributed by atoms with Gasteiger partial charge >= 0.3 is 0 Å². The molecule has 3 aromatic carbocycles. The van der Waals surface area contributed by atoms with E-state index in [9.17, 15) is 27.9 Å². The van der Waals surface area contributed by atoms with Crippen LogP contribution < -0.4 is 25.6 Å². The van der Waals surface area contributed by atoms with Crippen molar-refractivity contribution in [3.8, 4) is 21.7 Å². The second-order valence-electron chi connectivity index (χ2n) is 19.5. The number of nitrogens with zero attached hydrogens (tertiary/aromatic N) is 7. The van der Waals surface area contributed by atoms with E-state index in [-0.39, 0.29) is 44.4 Å². The summed E-state index contributed by atoms with van der Waals surface area (Å²) in [5.74, 6) is -0.694. The third-order valence-corrected chi connectivity index (χ3v) is 14.4. The average Bonchev–Trinajstić information content (AvgIpc) is 4.11. The van der Waals surface area contributed by atoms with Gasteiger partial charge in [0, 0.05) is 81.3 Å². The lowest BCUT2D eigenvalue weighted by atomic mass is 9.85. The van der Waals surface area contributed by atoms with Crippen LogP contribution in [0.5, 0.6) is 0 Å². The Balaban J connectivity index is 0.707. The first-order valence-corrected chi connectivity index (χ1v) is 27.2. The Morgan fingerprint density at radius 3 is 2.32 bits per heavy atom. The molecule has 0 radical (unpaired) electrons. The maximum atomic E-state index is 14.0. The van der Waals surface area contributed by atoms with E-state index in [0.29, 0.717) is 31.5 Å². The second-order valence-corrected chi connectivity index (χ2v) is 22.1. The first kappa shape index (κ1) is 52.8. The minimum atomic E-state index is -3.42. The van der Waals surface area contributed by atoms with Crippen LogP contribution in [0.4, 0.5) is 23.0 Å². The monoisotopic (exact) mass is 1040 g/mol. The number of likely N-dealkylation sites (tertiary alicyclic amines) is 1. The van der Waals surface area contributed by atoms with Crippen LogP contribution >= 0.6 is 11.3 Å². The number of β-amino-alcohol motifs (C(OH)–C–C–N with tert-alkyl or cyclic N) is 1. The molecule has 0 bridgehead atoms. The smallest absolute Gasteiger partial charge is 0.246 e. The number of carbonyl (C=O) groups excluding carboxylic acids is 3. The zero-order chi connectivity index (χ0) is 51.7. The maximum absolute atomic E-state index is 14.0. The van der Waals surface area contributed by atoms with Gasteiger partial charge in [0.15, 0.2) is 0 Å². The summed E-state index contributed by atoms with van der Waals surface area (Å²) < 4.78 is 39.4. The fraction of sp³-hybridized carbons (Fsp3) is 0.423. The Labute approximate surface area is 430 Å². The number of anilines is 4. The number of amides is 3. The van der Waals surface area contributed by atoms with Crippen molar-refractivity contribution in [1.29, 1.82) is 0 Å². The predicted molar refractivity (Wildman–Crippen MR) is 283 cm³/mol. The van der Waals surface area contributed by atoms with Gasteiger partial charge in [-0.15, -0.1) is 16.4 Å². The number of piperazine rings is 1. The van der Waals surface area contributed by atoms with Crippen LogP contribution in [0.25, 0.3) is 27.2 Å². The van der Waals surface area contributed by atoms with Crippen LogP contribution in [0.1, 0.15) is 44.9 Å². The van der Waals surface area contributed by atoms with Crippen LogP contribution in [-0.2, 0) is 40.4 Å². The Morgan fingerprint density at radius 2 is 1.62 bits per heavy atom. The van der Waals surface area contributed by atoms with Gasteiger partial charge in [-0.1, -0.05) is 57.2 Å². The number of sulfonamides is 1. The highest BCUT2D eigenvalue weighted by Gasteiger charge is 2.44. The maximum Gasteiger partial charge on any atom is 0.246 e. The average molecular weight is 1040 g/mol. The predicted octanol–water partition coefficient (Wildman–Crippen LogP) is 5.30. The zero-order valence-corrected chi connectivity index (χ0v) is 43.5. The number of benzene rings is 3. The summed E-state index contributed by atoms with van der Waals surface area (Å²) in [6, 6.07) is 25.3. The van der Waals surface area contributed by atoms with Crippen molar-refractivity contribution in [1.82, 2.24) is 40.0 Å². The van der Waals surface area contributed by atoms with Gasteiger partial charge in [-0.05, 0) is 72.0 Å². The summed E-state index contributed by atoms with van der Waals surface area (Å²) in [5.41, 5.74) is 8.90. The lowest BCUT2D eigenvalue weighted by molar-refractivity contribution is -0.144. The zero-order valence-electron chi connectivity index (χ0n) is 41.9. The summed E-state index contributed by atoms with van der Waals surface area (Å²) >= 11 is 1.58. The molecular weight excluding hydrogens is 971 g/mol. The fourth-order valence-corrected chi connectivity index (χ4v) is 10.3. The molecular formula is C52H65N11O8S2. The number of aromatic nitrogens is 4. The Bertz CT molecular complexity index is 2950. The standard InChI is InChI=1S/C52H65N11O8S2/c1-35-47(72-34-55-35)37-11-9-36(10-12-37)31-53-49(66)45-30-43(64)33-62(45)50(67)48(52(2,3)4)57-46(65)19-25-70-27-28-71-26-24-60-20-22-61(23-21-60)41-15-13-39(14-16-41)56-51-54-32-42-17-18-44(63(42)58-51)38-7-6-8-40(29-38)59-73(5,68)69/h6-18,29,32,34,43,45,48,59,64H,19-28,30-31,33H2,1-5H3,(H,53,66)(H,56,58)(H,57,65)/t43-,45+,48?/m1/s1. The molecule has 2 aliphatic heterocycles. The van der Waals surface area contributed by atoms with E-state index in [0.717, 1.165) is 88.8 Å². The van der Waals surface area contributed by atoms with Crippen LogP contribution in [0.15, 0.2) is 96.6 Å². The van der Waals surface area contributed by atoms with Crippen molar-refractivity contribution >= 4 is 67.6 Å². The molecule has 2 fully saturated rings. The van der Waals surface area contributed by atoms with E-state index in [4.69, 9.17) is 14.6 Å². The lowest BCUT2D eigenvalue weighted by Gasteiger charge is -2.36. The summed E-state index contributed by atoms with van der Waals surface area (Å²) in [6.07, 6.45) is 2.15. The molecule has 8 rings (SSSR count). The number of aryl methyl sites for hydroxylation is 1. The van der Waals surface area contributed by atoms with Gasteiger partial charge in [-0.2, -0.15) is 0 Å². The molecule has 0 spiro atoms. The quantitative estimate of drug-likeness (QED) is 0.0578. The molecule has 388 valence electrons. The van der Waals surface area contributed by atoms with Crippen LogP contribution in [-0.4, -0.2) is 151 Å². The SMILES string of the molecule is Cc1ncsc1-c1ccc(CNC(=O)[C@@H]2C[C@@H](O)CN2C(=O)C(NC(=O)CCOCCOCCN2CCN(c3ccc(Nc4ncc5ccc(-c6cccc(NS(C)(=O)=O)c6)n5n4)cc3)CC2)C(C)(C)C)cc1. The molecule has 3 atom stereocenters. The highest BCUT2D eigenvalue weighted by molar-refractivity contribution is 7.92. The summed E-state index contributed by atoms with van der Waals surface area (Å²) in [6.45, 7) is 13.5. The minimum absolute atomic E-state index is 0.000111. The molecule has 21 heteroatoms. The molecule has 0 saturated carbocycles. The lowest BCUT2D eigenvalue weighted by Crippen LogP contribution is -2.57. The van der Waals surface area contributed by atoms with Crippen LogP contribution in [0.3, 0.4) is 0 Å².